The second-order valence-electron chi connectivity index (χ2n) is 5.17. The number of rotatable bonds is 6. The van der Waals surface area contributed by atoms with Crippen LogP contribution in [0.3, 0.4) is 0 Å². The number of sulfonamides is 1. The summed E-state index contributed by atoms with van der Waals surface area (Å²) >= 11 is 0.840. The molecule has 0 saturated heterocycles. The monoisotopic (exact) mass is 301 g/mol. The molecule has 0 unspecified atom stereocenters. The maximum Gasteiger partial charge on any atom is 0.345 e. The fraction of sp³-hybridized carbons (Fsp3) is 0.583. The van der Waals surface area contributed by atoms with Crippen molar-refractivity contribution in [2.45, 2.75) is 35.9 Å². The molecule has 2 aliphatic carbocycles. The van der Waals surface area contributed by atoms with E-state index in [1.807, 2.05) is 0 Å². The summed E-state index contributed by atoms with van der Waals surface area (Å²) in [6.45, 7) is 0.591. The van der Waals surface area contributed by atoms with E-state index in [9.17, 15) is 13.2 Å². The Bertz CT molecular complexity index is 599. The molecule has 0 aromatic carbocycles. The van der Waals surface area contributed by atoms with Crippen LogP contribution in [0.2, 0.25) is 0 Å². The van der Waals surface area contributed by atoms with Crippen molar-refractivity contribution in [1.29, 1.82) is 0 Å². The van der Waals surface area contributed by atoms with Crippen molar-refractivity contribution < 1.29 is 18.3 Å². The maximum absolute atomic E-state index is 12.6. The summed E-state index contributed by atoms with van der Waals surface area (Å²) in [5.74, 6) is -0.583. The first-order valence-electron chi connectivity index (χ1n) is 6.33. The predicted molar refractivity (Wildman–Crippen MR) is 70.9 cm³/mol. The largest absolute Gasteiger partial charge is 0.477 e. The Morgan fingerprint density at radius 3 is 2.47 bits per heavy atom. The summed E-state index contributed by atoms with van der Waals surface area (Å²) in [4.78, 5) is 10.9. The highest BCUT2D eigenvalue weighted by Crippen LogP contribution is 2.39. The van der Waals surface area contributed by atoms with Crippen molar-refractivity contribution in [3.63, 3.8) is 0 Å². The third-order valence-corrected chi connectivity index (χ3v) is 6.90. The highest BCUT2D eigenvalue weighted by Gasteiger charge is 2.41. The summed E-state index contributed by atoms with van der Waals surface area (Å²) in [7, 11) is -3.52. The molecule has 1 aromatic heterocycles. The van der Waals surface area contributed by atoms with Gasteiger partial charge in [0.1, 0.15) is 9.09 Å². The van der Waals surface area contributed by atoms with Crippen molar-refractivity contribution in [2.24, 2.45) is 5.92 Å². The maximum atomic E-state index is 12.6. The standard InChI is InChI=1S/C12H15NO4S2/c14-12(15)10-5-6-11(18-10)19(16,17)13(9-3-4-9)7-8-1-2-8/h5-6,8-9H,1-4,7H2,(H,14,15). The van der Waals surface area contributed by atoms with Gasteiger partial charge in [-0.2, -0.15) is 4.31 Å². The van der Waals surface area contributed by atoms with Crippen molar-refractivity contribution in [3.8, 4) is 0 Å². The number of carboxylic acid groups (broad SMARTS) is 1. The minimum Gasteiger partial charge on any atom is -0.477 e. The van der Waals surface area contributed by atoms with Gasteiger partial charge in [-0.3, -0.25) is 0 Å². The molecule has 5 nitrogen and oxygen atoms in total. The number of hydrogen-bond donors (Lipinski definition) is 1. The zero-order valence-electron chi connectivity index (χ0n) is 10.3. The van der Waals surface area contributed by atoms with Crippen molar-refractivity contribution in [1.82, 2.24) is 4.31 Å². The van der Waals surface area contributed by atoms with E-state index >= 15 is 0 Å². The lowest BCUT2D eigenvalue weighted by molar-refractivity contribution is 0.0702. The topological polar surface area (TPSA) is 74.7 Å². The molecule has 0 spiro atoms. The number of thiophene rings is 1. The van der Waals surface area contributed by atoms with E-state index in [1.165, 1.54) is 12.1 Å². The van der Waals surface area contributed by atoms with Gasteiger partial charge in [-0.25, -0.2) is 13.2 Å². The molecule has 2 fully saturated rings. The molecule has 2 aliphatic rings. The molecule has 19 heavy (non-hydrogen) atoms. The van der Waals surface area contributed by atoms with Gasteiger partial charge in [-0.1, -0.05) is 0 Å². The molecule has 1 N–H and O–H groups in total. The zero-order chi connectivity index (χ0) is 13.6. The van der Waals surface area contributed by atoms with Crippen molar-refractivity contribution in [2.75, 3.05) is 6.54 Å². The Kier molecular flexibility index (Phi) is 3.15. The molecule has 0 atom stereocenters. The first kappa shape index (κ1) is 13.1. The normalized spacial score (nSPS) is 19.8. The quantitative estimate of drug-likeness (QED) is 0.872. The zero-order valence-corrected chi connectivity index (χ0v) is 11.9. The molecule has 1 heterocycles. The van der Waals surface area contributed by atoms with Crippen molar-refractivity contribution >= 4 is 27.3 Å². The van der Waals surface area contributed by atoms with E-state index in [4.69, 9.17) is 5.11 Å². The SMILES string of the molecule is O=C(O)c1ccc(S(=O)(=O)N(CC2CC2)C2CC2)s1. The number of aromatic carboxylic acids is 1. The molecule has 1 aromatic rings. The molecule has 0 bridgehead atoms. The van der Waals surface area contributed by atoms with E-state index in [1.54, 1.807) is 4.31 Å². The summed E-state index contributed by atoms with van der Waals surface area (Å²) < 4.78 is 26.8. The second-order valence-corrected chi connectivity index (χ2v) is 8.37. The van der Waals surface area contributed by atoms with Gasteiger partial charge in [0.25, 0.3) is 10.0 Å². The van der Waals surface area contributed by atoms with Crippen LogP contribution in [0.1, 0.15) is 35.4 Å². The van der Waals surface area contributed by atoms with Gasteiger partial charge in [0.05, 0.1) is 0 Å². The lowest BCUT2D eigenvalue weighted by Gasteiger charge is -2.20. The summed E-state index contributed by atoms with van der Waals surface area (Å²) in [6.07, 6.45) is 4.04. The Morgan fingerprint density at radius 2 is 2.00 bits per heavy atom. The third kappa shape index (κ3) is 2.68. The fourth-order valence-electron chi connectivity index (χ4n) is 2.05. The lowest BCUT2D eigenvalue weighted by atomic mass is 10.4. The van der Waals surface area contributed by atoms with Gasteiger partial charge in [0.15, 0.2) is 0 Å². The summed E-state index contributed by atoms with van der Waals surface area (Å²) in [6, 6.07) is 2.90. The van der Waals surface area contributed by atoms with Crippen LogP contribution in [0, 0.1) is 5.92 Å². The molecule has 0 aliphatic heterocycles. The first-order valence-corrected chi connectivity index (χ1v) is 8.59. The molecule has 0 radical (unpaired) electrons. The molecule has 2 saturated carbocycles. The second kappa shape index (κ2) is 4.57. The van der Waals surface area contributed by atoms with Gasteiger partial charge in [0.2, 0.25) is 0 Å². The lowest BCUT2D eigenvalue weighted by Crippen LogP contribution is -2.34. The molecule has 7 heteroatoms. The number of hydrogen-bond acceptors (Lipinski definition) is 4. The average Bonchev–Trinajstić information content (AvgIpc) is 3.24. The molecular weight excluding hydrogens is 286 g/mol. The van der Waals surface area contributed by atoms with Gasteiger partial charge >= 0.3 is 5.97 Å². The van der Waals surface area contributed by atoms with Crippen LogP contribution in [0.25, 0.3) is 0 Å². The Labute approximate surface area is 115 Å². The fourth-order valence-corrected chi connectivity index (χ4v) is 5.09. The average molecular weight is 301 g/mol. The molecule has 0 amide bonds. The third-order valence-electron chi connectivity index (χ3n) is 3.44. The van der Waals surface area contributed by atoms with Gasteiger partial charge in [-0.05, 0) is 43.7 Å². The highest BCUT2D eigenvalue weighted by atomic mass is 32.2. The summed E-state index contributed by atoms with van der Waals surface area (Å²) in [5.41, 5.74) is 0. The first-order chi connectivity index (χ1) is 8.98. The predicted octanol–water partition coefficient (Wildman–Crippen LogP) is 2.01. The Morgan fingerprint density at radius 1 is 1.32 bits per heavy atom. The van der Waals surface area contributed by atoms with Crippen LogP contribution in [0.4, 0.5) is 0 Å². The smallest absolute Gasteiger partial charge is 0.345 e. The van der Waals surface area contributed by atoms with Crippen molar-refractivity contribution in [3.05, 3.63) is 17.0 Å². The highest BCUT2D eigenvalue weighted by molar-refractivity contribution is 7.91. The molecule has 104 valence electrons. The van der Waals surface area contributed by atoms with E-state index in [0.29, 0.717) is 12.5 Å². The van der Waals surface area contributed by atoms with E-state index in [-0.39, 0.29) is 15.1 Å². The Balaban J connectivity index is 1.87. The minimum absolute atomic E-state index is 0.0701. The number of carbonyl (C=O) groups is 1. The van der Waals surface area contributed by atoms with Gasteiger partial charge < -0.3 is 5.11 Å². The number of carboxylic acids is 1. The van der Waals surface area contributed by atoms with E-state index in [2.05, 4.69) is 0 Å². The van der Waals surface area contributed by atoms with E-state index in [0.717, 1.165) is 37.0 Å². The van der Waals surface area contributed by atoms with Crippen LogP contribution in [0.5, 0.6) is 0 Å². The van der Waals surface area contributed by atoms with Crippen LogP contribution in [0.15, 0.2) is 16.3 Å². The summed E-state index contributed by atoms with van der Waals surface area (Å²) in [5, 5.41) is 8.88. The van der Waals surface area contributed by atoms with Crippen LogP contribution < -0.4 is 0 Å². The molecular formula is C12H15NO4S2. The van der Waals surface area contributed by atoms with Crippen LogP contribution in [-0.4, -0.2) is 36.4 Å². The Hall–Kier alpha value is -0.920. The van der Waals surface area contributed by atoms with E-state index < -0.39 is 16.0 Å². The molecule has 3 rings (SSSR count). The van der Waals surface area contributed by atoms with Crippen LogP contribution >= 0.6 is 11.3 Å². The van der Waals surface area contributed by atoms with Gasteiger partial charge in [-0.15, -0.1) is 11.3 Å². The minimum atomic E-state index is -3.52. The van der Waals surface area contributed by atoms with Gasteiger partial charge in [0, 0.05) is 12.6 Å². The van der Waals surface area contributed by atoms with Crippen LogP contribution in [-0.2, 0) is 10.0 Å². The number of nitrogens with zero attached hydrogens (tertiary/aromatic N) is 1.